The molecule has 4 rings (SSSR count). The molecular weight excluding hydrogens is 426 g/mol. The fourth-order valence-electron chi connectivity index (χ4n) is 3.51. The minimum atomic E-state index is -0.827. The van der Waals surface area contributed by atoms with Gasteiger partial charge >= 0.3 is 6.03 Å². The number of urea groups is 1. The number of hydrogen-bond acceptors (Lipinski definition) is 6. The van der Waals surface area contributed by atoms with Gasteiger partial charge in [0.1, 0.15) is 17.1 Å². The van der Waals surface area contributed by atoms with Gasteiger partial charge in [-0.3, -0.25) is 25.0 Å². The maximum Gasteiger partial charge on any atom is 0.335 e. The average Bonchev–Trinajstić information content (AvgIpc) is 3.21. The fraction of sp³-hybridized carbons (Fsp3) is 0.125. The normalized spacial score (nSPS) is 15.2. The second-order valence-corrected chi connectivity index (χ2v) is 7.68. The number of aryl methyl sites for hydroxylation is 3. The van der Waals surface area contributed by atoms with E-state index in [1.807, 2.05) is 13.8 Å². The molecule has 0 spiro atoms. The van der Waals surface area contributed by atoms with Crippen LogP contribution in [0.4, 0.5) is 16.2 Å². The molecule has 1 saturated heterocycles. The molecule has 0 aliphatic carbocycles. The lowest BCUT2D eigenvalue weighted by Crippen LogP contribution is -2.54. The van der Waals surface area contributed by atoms with Gasteiger partial charge in [-0.15, -0.1) is 0 Å². The molecule has 166 valence electrons. The van der Waals surface area contributed by atoms with Gasteiger partial charge in [0, 0.05) is 17.7 Å². The molecule has 9 nitrogen and oxygen atoms in total. The summed E-state index contributed by atoms with van der Waals surface area (Å²) in [7, 11) is 0. The number of non-ortho nitro benzene ring substituents is 1. The number of rotatable bonds is 4. The fourth-order valence-corrected chi connectivity index (χ4v) is 3.51. The van der Waals surface area contributed by atoms with Crippen molar-refractivity contribution in [2.24, 2.45) is 0 Å². The van der Waals surface area contributed by atoms with Crippen LogP contribution in [0.2, 0.25) is 0 Å². The highest BCUT2D eigenvalue weighted by Gasteiger charge is 2.37. The summed E-state index contributed by atoms with van der Waals surface area (Å²) in [5.41, 5.74) is 3.22. The van der Waals surface area contributed by atoms with Crippen molar-refractivity contribution in [1.29, 1.82) is 0 Å². The number of anilines is 1. The van der Waals surface area contributed by atoms with Crippen molar-refractivity contribution in [2.45, 2.75) is 20.8 Å². The van der Waals surface area contributed by atoms with Crippen LogP contribution in [-0.4, -0.2) is 22.8 Å². The lowest BCUT2D eigenvalue weighted by Gasteiger charge is -2.26. The molecule has 0 radical (unpaired) electrons. The summed E-state index contributed by atoms with van der Waals surface area (Å²) >= 11 is 0. The van der Waals surface area contributed by atoms with Gasteiger partial charge < -0.3 is 4.42 Å². The highest BCUT2D eigenvalue weighted by molar-refractivity contribution is 6.39. The molecule has 2 aromatic carbocycles. The van der Waals surface area contributed by atoms with Gasteiger partial charge in [-0.25, -0.2) is 9.69 Å². The first-order valence-electron chi connectivity index (χ1n) is 9.99. The third-order valence-electron chi connectivity index (χ3n) is 5.45. The van der Waals surface area contributed by atoms with E-state index in [0.29, 0.717) is 22.6 Å². The zero-order valence-corrected chi connectivity index (χ0v) is 18.0. The number of barbiturate groups is 1. The predicted octanol–water partition coefficient (Wildman–Crippen LogP) is 4.45. The second-order valence-electron chi connectivity index (χ2n) is 7.68. The number of carbonyl (C=O) groups excluding carboxylic acids is 3. The van der Waals surface area contributed by atoms with Crippen molar-refractivity contribution in [2.75, 3.05) is 4.90 Å². The topological polar surface area (TPSA) is 123 Å². The summed E-state index contributed by atoms with van der Waals surface area (Å²) in [6.07, 6.45) is 1.27. The van der Waals surface area contributed by atoms with E-state index in [0.717, 1.165) is 16.0 Å². The Balaban J connectivity index is 1.67. The summed E-state index contributed by atoms with van der Waals surface area (Å²) in [5.74, 6) is -0.957. The standard InChI is InChI=1S/C24H19N3O6/c1-13-4-5-16(10-14(13)2)26-23(29)20(22(28)25-24(26)30)12-18-7-9-21(33-18)19-8-6-17(27(31)32)11-15(19)3/h4-12H,1-3H3,(H,25,28,30)/b20-12+. The Morgan fingerprint density at radius 2 is 1.70 bits per heavy atom. The maximum absolute atomic E-state index is 13.1. The lowest BCUT2D eigenvalue weighted by molar-refractivity contribution is -0.384. The highest BCUT2D eigenvalue weighted by atomic mass is 16.6. The molecule has 9 heteroatoms. The van der Waals surface area contributed by atoms with E-state index in [4.69, 9.17) is 4.42 Å². The van der Waals surface area contributed by atoms with Crippen LogP contribution in [0.5, 0.6) is 0 Å². The first-order chi connectivity index (χ1) is 15.7. The molecule has 1 fully saturated rings. The van der Waals surface area contributed by atoms with Gasteiger partial charge in [0.05, 0.1) is 10.6 Å². The SMILES string of the molecule is Cc1ccc(N2C(=O)NC(=O)/C(=C\c3ccc(-c4ccc([N+](=O)[O-])cc4C)o3)C2=O)cc1C. The third-order valence-corrected chi connectivity index (χ3v) is 5.45. The lowest BCUT2D eigenvalue weighted by atomic mass is 10.1. The molecule has 1 aromatic heterocycles. The number of furan rings is 1. The second kappa shape index (κ2) is 8.19. The summed E-state index contributed by atoms with van der Waals surface area (Å²) in [6.45, 7) is 5.49. The molecular formula is C24H19N3O6. The molecule has 1 aliphatic heterocycles. The molecule has 33 heavy (non-hydrogen) atoms. The zero-order valence-electron chi connectivity index (χ0n) is 18.0. The van der Waals surface area contributed by atoms with E-state index in [2.05, 4.69) is 5.32 Å². The Morgan fingerprint density at radius 1 is 0.939 bits per heavy atom. The summed E-state index contributed by atoms with van der Waals surface area (Å²) in [5, 5.41) is 13.1. The largest absolute Gasteiger partial charge is 0.457 e. The number of imide groups is 2. The summed E-state index contributed by atoms with van der Waals surface area (Å²) in [4.78, 5) is 49.2. The minimum Gasteiger partial charge on any atom is -0.457 e. The van der Waals surface area contributed by atoms with Gasteiger partial charge in [-0.2, -0.15) is 0 Å². The number of nitro groups is 1. The van der Waals surface area contributed by atoms with E-state index in [1.54, 1.807) is 43.3 Å². The van der Waals surface area contributed by atoms with Crippen LogP contribution in [0.15, 0.2) is 58.5 Å². The number of amides is 4. The quantitative estimate of drug-likeness (QED) is 0.274. The molecule has 0 bridgehead atoms. The van der Waals surface area contributed by atoms with Crippen LogP contribution < -0.4 is 10.2 Å². The van der Waals surface area contributed by atoms with Gasteiger partial charge in [0.25, 0.3) is 17.5 Å². The minimum absolute atomic E-state index is 0.0364. The monoisotopic (exact) mass is 445 g/mol. The first kappa shape index (κ1) is 21.7. The van der Waals surface area contributed by atoms with Gasteiger partial charge in [0.2, 0.25) is 0 Å². The van der Waals surface area contributed by atoms with Crippen LogP contribution in [0.25, 0.3) is 17.4 Å². The van der Waals surface area contributed by atoms with Crippen LogP contribution in [-0.2, 0) is 9.59 Å². The number of nitrogens with zero attached hydrogens (tertiary/aromatic N) is 2. The molecule has 0 saturated carbocycles. The van der Waals surface area contributed by atoms with Crippen molar-refractivity contribution < 1.29 is 23.7 Å². The van der Waals surface area contributed by atoms with E-state index < -0.39 is 22.8 Å². The summed E-state index contributed by atoms with van der Waals surface area (Å²) in [6, 6.07) is 11.9. The van der Waals surface area contributed by atoms with Gasteiger partial charge in [0.15, 0.2) is 0 Å². The molecule has 1 N–H and O–H groups in total. The molecule has 2 heterocycles. The number of carbonyl (C=O) groups is 3. The van der Waals surface area contributed by atoms with Crippen molar-refractivity contribution >= 4 is 35.3 Å². The predicted molar refractivity (Wildman–Crippen MR) is 120 cm³/mol. The van der Waals surface area contributed by atoms with Gasteiger partial charge in [-0.05, 0) is 73.9 Å². The highest BCUT2D eigenvalue weighted by Crippen LogP contribution is 2.30. The Kier molecular flexibility index (Phi) is 5.39. The van der Waals surface area contributed by atoms with Crippen LogP contribution in [0.3, 0.4) is 0 Å². The first-order valence-corrected chi connectivity index (χ1v) is 9.99. The Labute approximate surface area is 188 Å². The molecule has 0 unspecified atom stereocenters. The Hall–Kier alpha value is -4.53. The molecule has 4 amide bonds. The van der Waals surface area contributed by atoms with E-state index in [-0.39, 0.29) is 17.0 Å². The number of benzene rings is 2. The molecule has 1 aliphatic rings. The Bertz CT molecular complexity index is 1370. The van der Waals surface area contributed by atoms with Crippen LogP contribution >= 0.6 is 0 Å². The summed E-state index contributed by atoms with van der Waals surface area (Å²) < 4.78 is 5.77. The number of nitrogens with one attached hydrogen (secondary N) is 1. The average molecular weight is 445 g/mol. The van der Waals surface area contributed by atoms with Gasteiger partial charge in [-0.1, -0.05) is 6.07 Å². The van der Waals surface area contributed by atoms with Crippen molar-refractivity contribution in [3.63, 3.8) is 0 Å². The number of hydrogen-bond donors (Lipinski definition) is 1. The van der Waals surface area contributed by atoms with Crippen LogP contribution in [0.1, 0.15) is 22.5 Å². The Morgan fingerprint density at radius 3 is 2.36 bits per heavy atom. The molecule has 0 atom stereocenters. The smallest absolute Gasteiger partial charge is 0.335 e. The van der Waals surface area contributed by atoms with E-state index >= 15 is 0 Å². The van der Waals surface area contributed by atoms with Crippen molar-refractivity contribution in [3.8, 4) is 11.3 Å². The third kappa shape index (κ3) is 4.03. The van der Waals surface area contributed by atoms with Crippen molar-refractivity contribution in [1.82, 2.24) is 5.32 Å². The van der Waals surface area contributed by atoms with E-state index in [1.165, 1.54) is 18.2 Å². The molecule has 3 aromatic rings. The number of nitro benzene ring substituents is 1. The van der Waals surface area contributed by atoms with E-state index in [9.17, 15) is 24.5 Å². The zero-order chi connectivity index (χ0) is 23.9. The van der Waals surface area contributed by atoms with Crippen molar-refractivity contribution in [3.05, 3.63) is 86.7 Å². The maximum atomic E-state index is 13.1. The van der Waals surface area contributed by atoms with Crippen LogP contribution in [0, 0.1) is 30.9 Å².